The Hall–Kier alpha value is -0.870. The van der Waals surface area contributed by atoms with E-state index in [0.29, 0.717) is 0 Å². The van der Waals surface area contributed by atoms with Crippen molar-refractivity contribution < 1.29 is 0 Å². The van der Waals surface area contributed by atoms with Crippen LogP contribution in [0.25, 0.3) is 0 Å². The molecule has 0 aliphatic carbocycles. The number of aryl methyl sites for hydroxylation is 1. The molecule has 0 fully saturated rings. The molecule has 0 saturated carbocycles. The molecule has 1 unspecified atom stereocenters. The maximum Gasteiger partial charge on any atom is 0.0820 e. The highest BCUT2D eigenvalue weighted by atomic mass is 35.5. The van der Waals surface area contributed by atoms with Crippen LogP contribution in [0.15, 0.2) is 35.7 Å². The van der Waals surface area contributed by atoms with E-state index < -0.39 is 0 Å². The Labute approximate surface area is 104 Å². The Bertz CT molecular complexity index is 481. The SMILES string of the molecule is Cc1ccccc1C(NN)c1sccc1Cl. The number of halogens is 1. The van der Waals surface area contributed by atoms with Crippen LogP contribution >= 0.6 is 22.9 Å². The molecule has 0 saturated heterocycles. The molecule has 1 aromatic heterocycles. The molecule has 2 nitrogen and oxygen atoms in total. The van der Waals surface area contributed by atoms with E-state index in [1.165, 1.54) is 5.56 Å². The predicted molar refractivity (Wildman–Crippen MR) is 69.7 cm³/mol. The van der Waals surface area contributed by atoms with Gasteiger partial charge in [-0.05, 0) is 29.5 Å². The van der Waals surface area contributed by atoms with Gasteiger partial charge >= 0.3 is 0 Å². The molecule has 84 valence electrons. The molecule has 3 N–H and O–H groups in total. The number of nitrogens with one attached hydrogen (secondary N) is 1. The maximum atomic E-state index is 6.13. The van der Waals surface area contributed by atoms with E-state index in [4.69, 9.17) is 17.4 Å². The van der Waals surface area contributed by atoms with Gasteiger partial charge in [0.1, 0.15) is 0 Å². The van der Waals surface area contributed by atoms with Crippen LogP contribution in [0.5, 0.6) is 0 Å². The third kappa shape index (κ3) is 2.13. The van der Waals surface area contributed by atoms with Crippen molar-refractivity contribution in [2.75, 3.05) is 0 Å². The second kappa shape index (κ2) is 4.97. The summed E-state index contributed by atoms with van der Waals surface area (Å²) in [4.78, 5) is 1.05. The zero-order chi connectivity index (χ0) is 11.5. The molecule has 2 rings (SSSR count). The smallest absolute Gasteiger partial charge is 0.0820 e. The summed E-state index contributed by atoms with van der Waals surface area (Å²) in [7, 11) is 0. The first-order chi connectivity index (χ1) is 7.74. The van der Waals surface area contributed by atoms with Gasteiger partial charge in [0, 0.05) is 4.88 Å². The van der Waals surface area contributed by atoms with Gasteiger partial charge in [-0.3, -0.25) is 5.84 Å². The van der Waals surface area contributed by atoms with Crippen LogP contribution in [0.2, 0.25) is 5.02 Å². The minimum atomic E-state index is -0.0336. The second-order valence-corrected chi connectivity index (χ2v) is 4.94. The molecule has 16 heavy (non-hydrogen) atoms. The lowest BCUT2D eigenvalue weighted by molar-refractivity contribution is 0.643. The minimum Gasteiger partial charge on any atom is -0.271 e. The van der Waals surface area contributed by atoms with Crippen LogP contribution < -0.4 is 11.3 Å². The molecule has 1 heterocycles. The molecular formula is C12H13ClN2S. The number of nitrogens with two attached hydrogens (primary N) is 1. The lowest BCUT2D eigenvalue weighted by Gasteiger charge is -2.17. The van der Waals surface area contributed by atoms with Crippen molar-refractivity contribution in [2.24, 2.45) is 5.84 Å². The first-order valence-electron chi connectivity index (χ1n) is 4.98. The van der Waals surface area contributed by atoms with Gasteiger partial charge in [-0.1, -0.05) is 35.9 Å². The predicted octanol–water partition coefficient (Wildman–Crippen LogP) is 3.26. The van der Waals surface area contributed by atoms with Crippen LogP contribution in [0.1, 0.15) is 22.0 Å². The molecular weight excluding hydrogens is 240 g/mol. The Morgan fingerprint density at radius 2 is 2.06 bits per heavy atom. The van der Waals surface area contributed by atoms with Gasteiger partial charge in [-0.25, -0.2) is 5.43 Å². The number of rotatable bonds is 3. The van der Waals surface area contributed by atoms with E-state index in [0.717, 1.165) is 15.5 Å². The van der Waals surface area contributed by atoms with Crippen molar-refractivity contribution in [1.29, 1.82) is 0 Å². The molecule has 0 radical (unpaired) electrons. The molecule has 1 atom stereocenters. The average Bonchev–Trinajstić information content (AvgIpc) is 2.69. The van der Waals surface area contributed by atoms with E-state index in [-0.39, 0.29) is 6.04 Å². The molecule has 0 bridgehead atoms. The largest absolute Gasteiger partial charge is 0.271 e. The lowest BCUT2D eigenvalue weighted by Crippen LogP contribution is -2.28. The molecule has 0 aliphatic rings. The number of thiophene rings is 1. The topological polar surface area (TPSA) is 38.0 Å². The molecule has 0 aliphatic heterocycles. The van der Waals surface area contributed by atoms with Gasteiger partial charge in [-0.15, -0.1) is 11.3 Å². The number of hydrazine groups is 1. The standard InChI is InChI=1S/C12H13ClN2S/c1-8-4-2-3-5-9(8)11(15-14)12-10(13)6-7-16-12/h2-7,11,15H,14H2,1H3. The number of hydrogen-bond donors (Lipinski definition) is 2. The number of hydrogen-bond acceptors (Lipinski definition) is 3. The quantitative estimate of drug-likeness (QED) is 0.650. The Balaban J connectivity index is 2.45. The van der Waals surface area contributed by atoms with Crippen molar-refractivity contribution in [3.63, 3.8) is 0 Å². The Morgan fingerprint density at radius 3 is 2.62 bits per heavy atom. The monoisotopic (exact) mass is 252 g/mol. The van der Waals surface area contributed by atoms with E-state index in [9.17, 15) is 0 Å². The summed E-state index contributed by atoms with van der Waals surface area (Å²) in [5.74, 6) is 5.63. The fraction of sp³-hybridized carbons (Fsp3) is 0.167. The number of benzene rings is 1. The third-order valence-corrected chi connectivity index (χ3v) is 4.00. The zero-order valence-electron chi connectivity index (χ0n) is 8.91. The third-order valence-electron chi connectivity index (χ3n) is 2.57. The van der Waals surface area contributed by atoms with Crippen LogP contribution in [0.3, 0.4) is 0 Å². The highest BCUT2D eigenvalue weighted by Gasteiger charge is 2.18. The Morgan fingerprint density at radius 1 is 1.31 bits per heavy atom. The van der Waals surface area contributed by atoms with E-state index >= 15 is 0 Å². The van der Waals surface area contributed by atoms with Crippen molar-refractivity contribution in [2.45, 2.75) is 13.0 Å². The van der Waals surface area contributed by atoms with Crippen LogP contribution in [-0.4, -0.2) is 0 Å². The van der Waals surface area contributed by atoms with Crippen molar-refractivity contribution >= 4 is 22.9 Å². The molecule has 4 heteroatoms. The lowest BCUT2D eigenvalue weighted by atomic mass is 10.0. The van der Waals surface area contributed by atoms with Gasteiger partial charge in [0.25, 0.3) is 0 Å². The Kier molecular flexibility index (Phi) is 3.61. The first-order valence-corrected chi connectivity index (χ1v) is 6.24. The summed E-state index contributed by atoms with van der Waals surface area (Å²) < 4.78 is 0. The van der Waals surface area contributed by atoms with Gasteiger partial charge in [0.15, 0.2) is 0 Å². The minimum absolute atomic E-state index is 0.0336. The zero-order valence-corrected chi connectivity index (χ0v) is 10.5. The van der Waals surface area contributed by atoms with Crippen LogP contribution in [0, 0.1) is 6.92 Å². The highest BCUT2D eigenvalue weighted by molar-refractivity contribution is 7.10. The normalized spacial score (nSPS) is 12.7. The van der Waals surface area contributed by atoms with E-state index in [1.54, 1.807) is 11.3 Å². The van der Waals surface area contributed by atoms with E-state index in [1.807, 2.05) is 23.6 Å². The van der Waals surface area contributed by atoms with Crippen LogP contribution in [-0.2, 0) is 0 Å². The average molecular weight is 253 g/mol. The van der Waals surface area contributed by atoms with Crippen LogP contribution in [0.4, 0.5) is 0 Å². The maximum absolute atomic E-state index is 6.13. The van der Waals surface area contributed by atoms with Gasteiger partial charge < -0.3 is 0 Å². The van der Waals surface area contributed by atoms with Crippen molar-refractivity contribution in [3.05, 3.63) is 56.7 Å². The van der Waals surface area contributed by atoms with Crippen molar-refractivity contribution in [3.8, 4) is 0 Å². The fourth-order valence-electron chi connectivity index (χ4n) is 1.73. The summed E-state index contributed by atoms with van der Waals surface area (Å²) in [5, 5.41) is 2.73. The summed E-state index contributed by atoms with van der Waals surface area (Å²) in [5.41, 5.74) is 5.19. The highest BCUT2D eigenvalue weighted by Crippen LogP contribution is 2.33. The molecule has 1 aromatic carbocycles. The fourth-order valence-corrected chi connectivity index (χ4v) is 2.97. The second-order valence-electron chi connectivity index (χ2n) is 3.59. The van der Waals surface area contributed by atoms with Gasteiger partial charge in [-0.2, -0.15) is 0 Å². The summed E-state index contributed by atoms with van der Waals surface area (Å²) >= 11 is 7.74. The summed E-state index contributed by atoms with van der Waals surface area (Å²) in [6, 6.07) is 10.0. The van der Waals surface area contributed by atoms with Gasteiger partial charge in [0.2, 0.25) is 0 Å². The molecule has 0 amide bonds. The summed E-state index contributed by atoms with van der Waals surface area (Å²) in [6.45, 7) is 2.07. The first kappa shape index (κ1) is 11.6. The van der Waals surface area contributed by atoms with Gasteiger partial charge in [0.05, 0.1) is 11.1 Å². The van der Waals surface area contributed by atoms with E-state index in [2.05, 4.69) is 24.5 Å². The van der Waals surface area contributed by atoms with Crippen molar-refractivity contribution in [1.82, 2.24) is 5.43 Å². The molecule has 0 spiro atoms. The molecule has 2 aromatic rings. The summed E-state index contributed by atoms with van der Waals surface area (Å²) in [6.07, 6.45) is 0.